The third kappa shape index (κ3) is 2.98. The van der Waals surface area contributed by atoms with E-state index in [2.05, 4.69) is 15.3 Å². The summed E-state index contributed by atoms with van der Waals surface area (Å²) in [6.07, 6.45) is 1.15. The van der Waals surface area contributed by atoms with Crippen molar-refractivity contribution in [2.24, 2.45) is 0 Å². The lowest BCUT2D eigenvalue weighted by Crippen LogP contribution is -2.25. The Hall–Kier alpha value is -2.70. The maximum absolute atomic E-state index is 13.3. The molecule has 1 amide bonds. The van der Waals surface area contributed by atoms with Crippen molar-refractivity contribution in [2.45, 2.75) is 13.0 Å². The molecular weight excluding hydrogens is 287 g/mol. The summed E-state index contributed by atoms with van der Waals surface area (Å²) in [5.74, 6) is 0.557. The van der Waals surface area contributed by atoms with Crippen LogP contribution in [-0.2, 0) is 4.74 Å². The lowest BCUT2D eigenvalue weighted by atomic mass is 10.1. The summed E-state index contributed by atoms with van der Waals surface area (Å²) in [6, 6.07) is 7.80. The first-order valence-electron chi connectivity index (χ1n) is 6.93. The molecule has 3 rings (SSSR count). The van der Waals surface area contributed by atoms with Gasteiger partial charge < -0.3 is 10.1 Å². The van der Waals surface area contributed by atoms with Crippen LogP contribution in [-0.4, -0.2) is 29.2 Å². The van der Waals surface area contributed by atoms with E-state index < -0.39 is 6.09 Å². The summed E-state index contributed by atoms with van der Waals surface area (Å²) in [5, 5.41) is 3.10. The van der Waals surface area contributed by atoms with Crippen molar-refractivity contribution in [1.29, 1.82) is 0 Å². The maximum Gasteiger partial charge on any atom is 0.415 e. The molecule has 0 spiro atoms. The zero-order chi connectivity index (χ0) is 15.5. The van der Waals surface area contributed by atoms with Gasteiger partial charge in [0, 0.05) is 6.20 Å². The van der Waals surface area contributed by atoms with Gasteiger partial charge in [0.05, 0.1) is 12.6 Å². The number of hydrogen-bond donors (Lipinski definition) is 1. The predicted octanol–water partition coefficient (Wildman–Crippen LogP) is 2.75. The topological polar surface area (TPSA) is 67.3 Å². The molecule has 1 aliphatic heterocycles. The van der Waals surface area contributed by atoms with Crippen LogP contribution in [0.1, 0.15) is 18.5 Å². The Bertz CT molecular complexity index is 695. The van der Waals surface area contributed by atoms with Crippen molar-refractivity contribution >= 4 is 17.9 Å². The normalized spacial score (nSPS) is 15.5. The van der Waals surface area contributed by atoms with Gasteiger partial charge in [-0.15, -0.1) is 0 Å². The molecule has 1 fully saturated rings. The van der Waals surface area contributed by atoms with Crippen LogP contribution in [0, 0.1) is 5.82 Å². The van der Waals surface area contributed by atoms with Crippen LogP contribution in [0.25, 0.3) is 0 Å². The van der Waals surface area contributed by atoms with Crippen molar-refractivity contribution in [2.75, 3.05) is 23.4 Å². The summed E-state index contributed by atoms with van der Waals surface area (Å²) in [6.45, 7) is 2.70. The number of nitrogens with zero attached hydrogens (tertiary/aromatic N) is 3. The van der Waals surface area contributed by atoms with Crippen molar-refractivity contribution in [1.82, 2.24) is 9.97 Å². The number of rotatable bonds is 4. The number of nitrogens with one attached hydrogen (secondary N) is 1. The lowest BCUT2D eigenvalue weighted by Gasteiger charge is -2.16. The van der Waals surface area contributed by atoms with Gasteiger partial charge in [-0.1, -0.05) is 12.1 Å². The summed E-state index contributed by atoms with van der Waals surface area (Å²) < 4.78 is 18.1. The monoisotopic (exact) mass is 302 g/mol. The second-order valence-corrected chi connectivity index (χ2v) is 4.93. The first-order chi connectivity index (χ1) is 10.6. The fourth-order valence-corrected chi connectivity index (χ4v) is 2.22. The van der Waals surface area contributed by atoms with Gasteiger partial charge in [0.2, 0.25) is 5.95 Å². The molecule has 0 saturated carbocycles. The number of amides is 1. The smallest absolute Gasteiger partial charge is 0.415 e. The zero-order valence-electron chi connectivity index (χ0n) is 12.0. The summed E-state index contributed by atoms with van der Waals surface area (Å²) in [5.41, 5.74) is 0.787. The van der Waals surface area contributed by atoms with Crippen LogP contribution >= 0.6 is 0 Å². The number of ether oxygens (including phenoxy) is 1. The molecule has 1 saturated heterocycles. The van der Waals surface area contributed by atoms with E-state index >= 15 is 0 Å². The van der Waals surface area contributed by atoms with Crippen molar-refractivity contribution in [3.05, 3.63) is 47.9 Å². The van der Waals surface area contributed by atoms with E-state index in [-0.39, 0.29) is 11.9 Å². The van der Waals surface area contributed by atoms with Crippen molar-refractivity contribution in [3.8, 4) is 0 Å². The highest BCUT2D eigenvalue weighted by Crippen LogP contribution is 2.20. The van der Waals surface area contributed by atoms with Gasteiger partial charge in [-0.3, -0.25) is 4.90 Å². The molecule has 1 aromatic carbocycles. The second kappa shape index (κ2) is 5.97. The minimum Gasteiger partial charge on any atom is -0.447 e. The minimum atomic E-state index is -0.414. The Morgan fingerprint density at radius 2 is 2.27 bits per heavy atom. The third-order valence-corrected chi connectivity index (χ3v) is 3.37. The molecule has 1 atom stereocenters. The first kappa shape index (κ1) is 14.2. The number of carbonyl (C=O) groups excluding carboxylic acids is 1. The van der Waals surface area contributed by atoms with Crippen LogP contribution in [0.4, 0.5) is 21.0 Å². The second-order valence-electron chi connectivity index (χ2n) is 4.93. The van der Waals surface area contributed by atoms with Crippen LogP contribution in [0.2, 0.25) is 0 Å². The SMILES string of the molecule is CC(Nc1nccc(N2CCOC2=O)n1)c1cccc(F)c1. The fourth-order valence-electron chi connectivity index (χ4n) is 2.22. The van der Waals surface area contributed by atoms with Gasteiger partial charge in [-0.2, -0.15) is 4.98 Å². The minimum absolute atomic E-state index is 0.170. The highest BCUT2D eigenvalue weighted by Gasteiger charge is 2.25. The quantitative estimate of drug-likeness (QED) is 0.940. The molecule has 7 heteroatoms. The molecule has 1 N–H and O–H groups in total. The van der Waals surface area contributed by atoms with Gasteiger partial charge in [0.1, 0.15) is 18.2 Å². The number of halogens is 1. The largest absolute Gasteiger partial charge is 0.447 e. The highest BCUT2D eigenvalue weighted by molar-refractivity contribution is 5.88. The van der Waals surface area contributed by atoms with E-state index in [1.54, 1.807) is 18.3 Å². The number of carbonyl (C=O) groups is 1. The molecule has 2 heterocycles. The van der Waals surface area contributed by atoms with Gasteiger partial charge in [0.25, 0.3) is 0 Å². The van der Waals surface area contributed by atoms with Crippen molar-refractivity contribution in [3.63, 3.8) is 0 Å². The van der Waals surface area contributed by atoms with E-state index in [0.717, 1.165) is 5.56 Å². The van der Waals surface area contributed by atoms with Crippen LogP contribution in [0.3, 0.4) is 0 Å². The molecular formula is C15H15FN4O2. The van der Waals surface area contributed by atoms with Crippen LogP contribution in [0.15, 0.2) is 36.5 Å². The number of anilines is 2. The van der Waals surface area contributed by atoms with Gasteiger partial charge >= 0.3 is 6.09 Å². The standard InChI is InChI=1S/C15H15FN4O2/c1-10(11-3-2-4-12(16)9-11)18-14-17-6-5-13(19-14)20-7-8-22-15(20)21/h2-6,9-10H,7-8H2,1H3,(H,17,18,19). The van der Waals surface area contributed by atoms with Crippen LogP contribution in [0.5, 0.6) is 0 Å². The summed E-state index contributed by atoms with van der Waals surface area (Å²) in [7, 11) is 0. The molecule has 1 aromatic heterocycles. The molecule has 0 bridgehead atoms. The van der Waals surface area contributed by atoms with E-state index in [9.17, 15) is 9.18 Å². The number of hydrogen-bond acceptors (Lipinski definition) is 5. The zero-order valence-corrected chi connectivity index (χ0v) is 12.0. The molecule has 2 aromatic rings. The van der Waals surface area contributed by atoms with Gasteiger partial charge in [0.15, 0.2) is 0 Å². The van der Waals surface area contributed by atoms with Crippen molar-refractivity contribution < 1.29 is 13.9 Å². The lowest BCUT2D eigenvalue weighted by molar-refractivity contribution is 0.181. The highest BCUT2D eigenvalue weighted by atomic mass is 19.1. The van der Waals surface area contributed by atoms with Gasteiger partial charge in [-0.05, 0) is 30.7 Å². The molecule has 6 nitrogen and oxygen atoms in total. The molecule has 22 heavy (non-hydrogen) atoms. The summed E-state index contributed by atoms with van der Waals surface area (Å²) >= 11 is 0. The Morgan fingerprint density at radius 1 is 1.41 bits per heavy atom. The van der Waals surface area contributed by atoms with Gasteiger partial charge in [-0.25, -0.2) is 14.2 Å². The Morgan fingerprint density at radius 3 is 3.00 bits per heavy atom. The average Bonchev–Trinajstić information content (AvgIpc) is 2.94. The third-order valence-electron chi connectivity index (χ3n) is 3.37. The molecule has 0 radical (unpaired) electrons. The van der Waals surface area contributed by atoms with Crippen LogP contribution < -0.4 is 10.2 Å². The van der Waals surface area contributed by atoms with E-state index in [0.29, 0.717) is 24.9 Å². The predicted molar refractivity (Wildman–Crippen MR) is 79.2 cm³/mol. The molecule has 1 aliphatic rings. The first-order valence-corrected chi connectivity index (χ1v) is 6.93. The van der Waals surface area contributed by atoms with E-state index in [1.807, 2.05) is 13.0 Å². The number of cyclic esters (lactones) is 1. The fraction of sp³-hybridized carbons (Fsp3) is 0.267. The Kier molecular flexibility index (Phi) is 3.86. The van der Waals surface area contributed by atoms with E-state index in [4.69, 9.17) is 4.74 Å². The van der Waals surface area contributed by atoms with E-state index in [1.165, 1.54) is 17.0 Å². The summed E-state index contributed by atoms with van der Waals surface area (Å²) in [4.78, 5) is 21.4. The number of aromatic nitrogens is 2. The Labute approximate surface area is 126 Å². The average molecular weight is 302 g/mol. The molecule has 0 aliphatic carbocycles. The Balaban J connectivity index is 1.76. The molecule has 114 valence electrons. The maximum atomic E-state index is 13.3. The number of benzene rings is 1. The molecule has 1 unspecified atom stereocenters.